The van der Waals surface area contributed by atoms with Crippen molar-refractivity contribution in [2.24, 2.45) is 0 Å². The molecule has 0 saturated carbocycles. The van der Waals surface area contributed by atoms with Gasteiger partial charge in [-0.3, -0.25) is 14.5 Å². The molecule has 1 heterocycles. The van der Waals surface area contributed by atoms with Crippen LogP contribution in [-0.2, 0) is 37.3 Å². The molecule has 0 aromatic carbocycles. The maximum absolute atomic E-state index is 12.8. The molecule has 0 aliphatic carbocycles. The molecule has 0 bridgehead atoms. The summed E-state index contributed by atoms with van der Waals surface area (Å²) in [7, 11) is 1.47. The Hall–Kier alpha value is -1.55. The summed E-state index contributed by atoms with van der Waals surface area (Å²) in [6.07, 6.45) is 38.6. The fourth-order valence-electron chi connectivity index (χ4n) is 6.36. The highest BCUT2D eigenvalue weighted by atomic mass is 31.2. The smallest absolute Gasteiger partial charge is 0.462 e. The van der Waals surface area contributed by atoms with Crippen LogP contribution in [0.5, 0.6) is 0 Å². The van der Waals surface area contributed by atoms with Crippen molar-refractivity contribution < 1.29 is 46.7 Å². The molecular weight excluding hydrogens is 717 g/mol. The second-order valence-corrected chi connectivity index (χ2v) is 18.1. The predicted molar refractivity (Wildman–Crippen MR) is 224 cm³/mol. The monoisotopic (exact) mass is 802 g/mol. The fraction of sp³-hybridized carbons (Fsp3) is 0.864. The van der Waals surface area contributed by atoms with Crippen molar-refractivity contribution in [3.05, 3.63) is 24.3 Å². The zero-order chi connectivity index (χ0) is 40.5. The van der Waals surface area contributed by atoms with E-state index < -0.39 is 32.8 Å². The zero-order valence-electron chi connectivity index (χ0n) is 36.0. The van der Waals surface area contributed by atoms with Gasteiger partial charge in [-0.05, 0) is 69.1 Å². The van der Waals surface area contributed by atoms with Gasteiger partial charge in [0.2, 0.25) is 0 Å². The molecule has 1 aliphatic heterocycles. The molecule has 0 spiro atoms. The maximum atomic E-state index is 12.8. The van der Waals surface area contributed by atoms with E-state index in [1.165, 1.54) is 89.9 Å². The van der Waals surface area contributed by atoms with Gasteiger partial charge >= 0.3 is 26.1 Å². The van der Waals surface area contributed by atoms with Crippen molar-refractivity contribution in [3.63, 3.8) is 0 Å². The first-order chi connectivity index (χ1) is 26.5. The van der Waals surface area contributed by atoms with Crippen LogP contribution < -0.4 is 0 Å². The van der Waals surface area contributed by atoms with E-state index in [2.05, 4.69) is 38.2 Å². The summed E-state index contributed by atoms with van der Waals surface area (Å²) in [6.45, 7) is 4.31. The molecule has 1 aliphatic rings. The Kier molecular flexibility index (Phi) is 31.3. The fourth-order valence-corrected chi connectivity index (χ4v) is 7.39. The molecule has 0 aromatic rings. The highest BCUT2D eigenvalue weighted by Crippen LogP contribution is 2.60. The Morgan fingerprint density at radius 1 is 0.636 bits per heavy atom. The molecule has 1 rings (SSSR count). The maximum Gasteiger partial charge on any atom is 0.677 e. The van der Waals surface area contributed by atoms with Crippen molar-refractivity contribution in [1.82, 2.24) is 0 Å². The lowest BCUT2D eigenvalue weighted by atomic mass is 10.1. The molecule has 1 unspecified atom stereocenters. The lowest BCUT2D eigenvalue weighted by Crippen LogP contribution is -2.38. The summed E-state index contributed by atoms with van der Waals surface area (Å²) in [5.74, 6) is -0.819. The average Bonchev–Trinajstić information content (AvgIpc) is 3.91. The molecule has 1 N–H and O–H groups in total. The molecule has 0 aromatic heterocycles. The van der Waals surface area contributed by atoms with E-state index in [-0.39, 0.29) is 25.4 Å². The molecule has 11 heteroatoms. The summed E-state index contributed by atoms with van der Waals surface area (Å²) in [5.41, 5.74) is 0. The second-order valence-electron chi connectivity index (χ2n) is 16.5. The largest absolute Gasteiger partial charge is 0.677 e. The molecular formula is C44H84NO9P+2. The van der Waals surface area contributed by atoms with E-state index in [1.807, 2.05) is 25.4 Å². The van der Waals surface area contributed by atoms with Gasteiger partial charge in [0.1, 0.15) is 13.2 Å². The van der Waals surface area contributed by atoms with Crippen LogP contribution in [-0.4, -0.2) is 74.6 Å². The van der Waals surface area contributed by atoms with Gasteiger partial charge < -0.3 is 14.0 Å². The van der Waals surface area contributed by atoms with Crippen LogP contribution in [0.15, 0.2) is 24.3 Å². The topological polar surface area (TPSA) is 114 Å². The van der Waals surface area contributed by atoms with Crippen LogP contribution in [0.1, 0.15) is 194 Å². The molecule has 55 heavy (non-hydrogen) atoms. The number of rotatable bonds is 39. The van der Waals surface area contributed by atoms with Crippen LogP contribution in [0.3, 0.4) is 0 Å². The zero-order valence-corrected chi connectivity index (χ0v) is 36.9. The molecule has 1 fully saturated rings. The first-order valence-corrected chi connectivity index (χ1v) is 23.8. The van der Waals surface area contributed by atoms with Crippen molar-refractivity contribution in [3.8, 4) is 0 Å². The van der Waals surface area contributed by atoms with Gasteiger partial charge in [0.25, 0.3) is 0 Å². The molecule has 0 radical (unpaired) electrons. The highest BCUT2D eigenvalue weighted by molar-refractivity contribution is 7.48. The van der Waals surface area contributed by atoms with E-state index in [1.54, 1.807) is 0 Å². The van der Waals surface area contributed by atoms with Crippen LogP contribution in [0.25, 0.3) is 0 Å². The van der Waals surface area contributed by atoms with Crippen LogP contribution in [0, 0.1) is 0 Å². The van der Waals surface area contributed by atoms with Crippen molar-refractivity contribution in [1.29, 1.82) is 0 Å². The molecule has 3 atom stereocenters. The van der Waals surface area contributed by atoms with Crippen LogP contribution >= 0.6 is 7.82 Å². The number of unbranched alkanes of at least 4 members (excludes halogenated alkanes) is 22. The Morgan fingerprint density at radius 2 is 1.04 bits per heavy atom. The number of likely N-dealkylation sites (N-methyl/N-ethyl adjacent to an activating group) is 1. The van der Waals surface area contributed by atoms with Crippen LogP contribution in [0.4, 0.5) is 0 Å². The highest BCUT2D eigenvalue weighted by Gasteiger charge is 2.66. The molecule has 1 saturated heterocycles. The van der Waals surface area contributed by atoms with E-state index in [0.717, 1.165) is 70.6 Å². The van der Waals surface area contributed by atoms with Crippen molar-refractivity contribution >= 4 is 19.8 Å². The van der Waals surface area contributed by atoms with Crippen molar-refractivity contribution in [2.45, 2.75) is 206 Å². The van der Waals surface area contributed by atoms with Gasteiger partial charge in [0.05, 0.1) is 21.1 Å². The van der Waals surface area contributed by atoms with E-state index in [0.29, 0.717) is 17.4 Å². The van der Waals surface area contributed by atoms with E-state index in [4.69, 9.17) is 18.9 Å². The summed E-state index contributed by atoms with van der Waals surface area (Å²) in [6, 6.07) is 0. The summed E-state index contributed by atoms with van der Waals surface area (Å²) < 4.78 is 31.6. The number of carbonyl (C=O) groups is 2. The normalized spacial score (nSPS) is 16.5. The van der Waals surface area contributed by atoms with Gasteiger partial charge in [-0.2, -0.15) is 4.57 Å². The van der Waals surface area contributed by atoms with E-state index in [9.17, 15) is 19.0 Å². The second kappa shape index (κ2) is 33.4. The number of ether oxygens (including phenoxy) is 2. The Bertz CT molecular complexity index is 1060. The third kappa shape index (κ3) is 32.1. The quantitative estimate of drug-likeness (QED) is 0.00955. The SMILES string of the molecule is CCCCCCCC/C=C\CCCCCCCC(=O)OC[C@H](COP(=O)(O)[O+]1O[C@@H]1C[N+](C)(C)C)OC(=O)CCCCCCC/C=C\CCCCCCCC. The number of allylic oxidation sites excluding steroid dienone is 4. The molecule has 322 valence electrons. The number of hydrogen-bond donors (Lipinski definition) is 1. The Morgan fingerprint density at radius 3 is 1.47 bits per heavy atom. The number of hydrogen-bond acceptors (Lipinski definition) is 7. The predicted octanol–water partition coefficient (Wildman–Crippen LogP) is 12.2. The van der Waals surface area contributed by atoms with Gasteiger partial charge in [0, 0.05) is 12.8 Å². The summed E-state index contributed by atoms with van der Waals surface area (Å²) in [4.78, 5) is 41.0. The molecule has 10 nitrogen and oxygen atoms in total. The minimum absolute atomic E-state index is 0.226. The minimum atomic E-state index is -4.36. The van der Waals surface area contributed by atoms with E-state index >= 15 is 0 Å². The van der Waals surface area contributed by atoms with Crippen LogP contribution in [0.2, 0.25) is 0 Å². The van der Waals surface area contributed by atoms with Crippen molar-refractivity contribution in [2.75, 3.05) is 40.9 Å². The Labute approximate surface area is 336 Å². The van der Waals surface area contributed by atoms with Gasteiger partial charge in [-0.1, -0.05) is 141 Å². The first kappa shape index (κ1) is 51.5. The minimum Gasteiger partial charge on any atom is -0.462 e. The summed E-state index contributed by atoms with van der Waals surface area (Å²) in [5, 5.41) is 0. The third-order valence-electron chi connectivity index (χ3n) is 9.75. The van der Waals surface area contributed by atoms with Gasteiger partial charge in [-0.25, -0.2) is 4.52 Å². The number of esters is 2. The van der Waals surface area contributed by atoms with Gasteiger partial charge in [0.15, 0.2) is 12.6 Å². The Balaban J connectivity index is 2.33. The summed E-state index contributed by atoms with van der Waals surface area (Å²) >= 11 is 0. The van der Waals surface area contributed by atoms with Gasteiger partial charge in [-0.15, -0.1) is 4.30 Å². The lowest BCUT2D eigenvalue weighted by Gasteiger charge is -2.20. The first-order valence-electron chi connectivity index (χ1n) is 22.3. The molecule has 0 amide bonds. The average molecular weight is 802 g/mol. The third-order valence-corrected chi connectivity index (χ3v) is 11.0. The number of carbonyl (C=O) groups excluding carboxylic acids is 2. The number of quaternary nitrogens is 1. The standard InChI is InChI=1S/C44H83NO9P/c1-6-8-10-12-14-16-18-20-22-24-26-28-30-32-34-36-42(46)50-39-41(40-51-55(48,49)54-44(53-54)38-45(3,4)5)52-43(47)37-35-33-31-29-27-25-23-21-19-17-15-13-11-9-7-2/h20-23,41,44H,6-19,24-40H2,1-5H3/q+1/p+1/b22-20-,23-21-/t41-,44+/m1/s1. The lowest BCUT2D eigenvalue weighted by molar-refractivity contribution is -0.871. The number of nitrogens with zero attached hydrogens (tertiary/aromatic N) is 1.